The molecule has 0 spiro atoms. The van der Waals surface area contributed by atoms with Gasteiger partial charge in [0, 0.05) is 6.92 Å². The third-order valence-corrected chi connectivity index (χ3v) is 2.41. The van der Waals surface area contributed by atoms with Crippen molar-refractivity contribution in [2.45, 2.75) is 6.92 Å². The summed E-state index contributed by atoms with van der Waals surface area (Å²) in [5.41, 5.74) is -0.289. The van der Waals surface area contributed by atoms with E-state index in [2.05, 4.69) is 0 Å². The van der Waals surface area contributed by atoms with Gasteiger partial charge < -0.3 is 30.3 Å². The average molecular weight is 322 g/mol. The van der Waals surface area contributed by atoms with Crippen LogP contribution < -0.4 is 4.74 Å². The number of carboxylic acids is 1. The first kappa shape index (κ1) is 17.6. The Hall–Kier alpha value is -3.42. The van der Waals surface area contributed by atoms with Gasteiger partial charge in [-0.1, -0.05) is 0 Å². The zero-order valence-corrected chi connectivity index (χ0v) is 11.9. The minimum Gasteiger partial charge on any atom is -0.508 e. The lowest BCUT2D eigenvalue weighted by Crippen LogP contribution is -2.00. The highest BCUT2D eigenvalue weighted by Gasteiger charge is 2.11. The van der Waals surface area contributed by atoms with Gasteiger partial charge in [0.2, 0.25) is 0 Å². The van der Waals surface area contributed by atoms with Crippen molar-refractivity contribution in [2.75, 3.05) is 0 Å². The van der Waals surface area contributed by atoms with Crippen LogP contribution in [0.4, 0.5) is 0 Å². The predicted molar refractivity (Wildman–Crippen MR) is 77.8 cm³/mol. The predicted octanol–water partition coefficient (Wildman–Crippen LogP) is 1.82. The van der Waals surface area contributed by atoms with Crippen LogP contribution in [0.2, 0.25) is 0 Å². The van der Waals surface area contributed by atoms with E-state index >= 15 is 0 Å². The van der Waals surface area contributed by atoms with Crippen LogP contribution >= 0.6 is 0 Å². The maximum atomic E-state index is 10.4. The number of benzene rings is 2. The Bertz CT molecular complexity index is 683. The summed E-state index contributed by atoms with van der Waals surface area (Å²) in [6, 6.07) is 7.65. The number of aromatic hydroxyl groups is 4. The second-order valence-corrected chi connectivity index (χ2v) is 4.26. The number of carbonyl (C=O) groups is 2. The molecule has 0 amide bonds. The highest BCUT2D eigenvalue weighted by molar-refractivity contribution is 5.89. The van der Waals surface area contributed by atoms with Crippen molar-refractivity contribution in [2.24, 2.45) is 0 Å². The maximum absolute atomic E-state index is 10.4. The number of hydrogen-bond donors (Lipinski definition) is 5. The maximum Gasteiger partial charge on any atom is 0.335 e. The van der Waals surface area contributed by atoms with E-state index in [9.17, 15) is 9.59 Å². The summed E-state index contributed by atoms with van der Waals surface area (Å²) in [6.07, 6.45) is 0. The van der Waals surface area contributed by atoms with Crippen molar-refractivity contribution in [3.63, 3.8) is 0 Å². The number of aromatic carboxylic acids is 1. The molecule has 122 valence electrons. The summed E-state index contributed by atoms with van der Waals surface area (Å²) in [5.74, 6) is -3.10. The molecule has 0 unspecified atom stereocenters. The molecule has 0 aliphatic heterocycles. The lowest BCUT2D eigenvalue weighted by atomic mass is 10.2. The molecule has 23 heavy (non-hydrogen) atoms. The van der Waals surface area contributed by atoms with Crippen LogP contribution in [-0.4, -0.2) is 37.5 Å². The van der Waals surface area contributed by atoms with E-state index in [-0.39, 0.29) is 17.3 Å². The number of ether oxygens (including phenoxy) is 1. The van der Waals surface area contributed by atoms with Gasteiger partial charge in [-0.05, 0) is 36.4 Å². The molecule has 8 heteroatoms. The minimum absolute atomic E-state index is 0.154. The SMILES string of the molecule is CC(=O)Oc1ccc(O)cc1.O=C(O)c1cc(O)c(O)c(O)c1. The molecule has 0 fully saturated rings. The number of hydrogen-bond acceptors (Lipinski definition) is 7. The van der Waals surface area contributed by atoms with Gasteiger partial charge in [-0.25, -0.2) is 4.79 Å². The summed E-state index contributed by atoms with van der Waals surface area (Å²) in [6.45, 7) is 1.33. The van der Waals surface area contributed by atoms with Crippen molar-refractivity contribution < 1.29 is 39.9 Å². The second kappa shape index (κ2) is 7.55. The van der Waals surface area contributed by atoms with E-state index in [1.54, 1.807) is 0 Å². The number of esters is 1. The molecule has 0 bridgehead atoms. The third kappa shape index (κ3) is 5.46. The van der Waals surface area contributed by atoms with Gasteiger partial charge in [-0.3, -0.25) is 4.79 Å². The van der Waals surface area contributed by atoms with Crippen LogP contribution in [-0.2, 0) is 4.79 Å². The van der Waals surface area contributed by atoms with Gasteiger partial charge in [0.05, 0.1) is 5.56 Å². The zero-order chi connectivity index (χ0) is 17.6. The molecule has 5 N–H and O–H groups in total. The Balaban J connectivity index is 0.000000231. The molecule has 8 nitrogen and oxygen atoms in total. The Kier molecular flexibility index (Phi) is 5.79. The van der Waals surface area contributed by atoms with E-state index in [4.69, 9.17) is 30.3 Å². The molecule has 2 aromatic rings. The van der Waals surface area contributed by atoms with E-state index in [1.807, 2.05) is 0 Å². The lowest BCUT2D eigenvalue weighted by Gasteiger charge is -2.01. The largest absolute Gasteiger partial charge is 0.508 e. The fourth-order valence-corrected chi connectivity index (χ4v) is 1.41. The molecule has 2 aromatic carbocycles. The first-order valence-electron chi connectivity index (χ1n) is 6.16. The van der Waals surface area contributed by atoms with Gasteiger partial charge >= 0.3 is 11.9 Å². The van der Waals surface area contributed by atoms with Crippen molar-refractivity contribution in [3.8, 4) is 28.7 Å². The Morgan fingerprint density at radius 2 is 1.39 bits per heavy atom. The van der Waals surface area contributed by atoms with E-state index in [0.29, 0.717) is 5.75 Å². The van der Waals surface area contributed by atoms with Crippen LogP contribution in [0.25, 0.3) is 0 Å². The molecule has 0 aromatic heterocycles. The van der Waals surface area contributed by atoms with Crippen LogP contribution in [0.5, 0.6) is 28.7 Å². The van der Waals surface area contributed by atoms with Crippen LogP contribution in [0.15, 0.2) is 36.4 Å². The minimum atomic E-state index is -1.29. The average Bonchev–Trinajstić information content (AvgIpc) is 2.47. The van der Waals surface area contributed by atoms with Crippen LogP contribution in [0.1, 0.15) is 17.3 Å². The van der Waals surface area contributed by atoms with Crippen LogP contribution in [0.3, 0.4) is 0 Å². The molecule has 0 atom stereocenters. The van der Waals surface area contributed by atoms with Crippen molar-refractivity contribution >= 4 is 11.9 Å². The first-order valence-corrected chi connectivity index (χ1v) is 6.16. The summed E-state index contributed by atoms with van der Waals surface area (Å²) in [4.78, 5) is 20.7. The zero-order valence-electron chi connectivity index (χ0n) is 11.9. The van der Waals surface area contributed by atoms with Crippen molar-refractivity contribution in [1.29, 1.82) is 0 Å². The number of carboxylic acid groups (broad SMARTS) is 1. The van der Waals surface area contributed by atoms with Gasteiger partial charge in [0.25, 0.3) is 0 Å². The third-order valence-electron chi connectivity index (χ3n) is 2.41. The lowest BCUT2D eigenvalue weighted by molar-refractivity contribution is -0.131. The molecule has 0 aliphatic carbocycles. The molecule has 0 saturated carbocycles. The first-order chi connectivity index (χ1) is 10.7. The molecule has 0 radical (unpaired) electrons. The molecule has 0 aliphatic rings. The second-order valence-electron chi connectivity index (χ2n) is 4.26. The summed E-state index contributed by atoms with van der Waals surface area (Å²) in [7, 11) is 0. The molecule has 0 saturated heterocycles. The standard InChI is InChI=1S/C8H8O3.C7H6O5/c1-6(9)11-8-4-2-7(10)3-5-8;8-4-1-3(7(11)12)2-5(9)6(4)10/h2-5,10H,1H3;1-2,8-10H,(H,11,12). The Morgan fingerprint density at radius 1 is 0.913 bits per heavy atom. The van der Waals surface area contributed by atoms with E-state index in [1.165, 1.54) is 31.2 Å². The fourth-order valence-electron chi connectivity index (χ4n) is 1.41. The quantitative estimate of drug-likeness (QED) is 0.320. The molecular formula is C15H14O8. The summed E-state index contributed by atoms with van der Waals surface area (Å²) < 4.78 is 4.72. The van der Waals surface area contributed by atoms with Gasteiger partial charge in [0.1, 0.15) is 11.5 Å². The normalized spacial score (nSPS) is 9.43. The molecule has 0 heterocycles. The topological polar surface area (TPSA) is 145 Å². The number of phenolic OH excluding ortho intramolecular Hbond substituents is 4. The highest BCUT2D eigenvalue weighted by atomic mass is 16.5. The Morgan fingerprint density at radius 3 is 1.78 bits per heavy atom. The monoisotopic (exact) mass is 322 g/mol. The van der Waals surface area contributed by atoms with Crippen LogP contribution in [0, 0.1) is 0 Å². The molecular weight excluding hydrogens is 308 g/mol. The smallest absolute Gasteiger partial charge is 0.335 e. The molecule has 2 rings (SSSR count). The van der Waals surface area contributed by atoms with E-state index in [0.717, 1.165) is 12.1 Å². The van der Waals surface area contributed by atoms with E-state index < -0.39 is 23.2 Å². The summed E-state index contributed by atoms with van der Waals surface area (Å²) in [5, 5.41) is 43.8. The summed E-state index contributed by atoms with van der Waals surface area (Å²) >= 11 is 0. The van der Waals surface area contributed by atoms with Crippen molar-refractivity contribution in [3.05, 3.63) is 42.0 Å². The van der Waals surface area contributed by atoms with Crippen molar-refractivity contribution in [1.82, 2.24) is 0 Å². The number of rotatable bonds is 2. The number of carbonyl (C=O) groups excluding carboxylic acids is 1. The fraction of sp³-hybridized carbons (Fsp3) is 0.0667. The van der Waals surface area contributed by atoms with Gasteiger partial charge in [-0.2, -0.15) is 0 Å². The van der Waals surface area contributed by atoms with Gasteiger partial charge in [-0.15, -0.1) is 0 Å². The van der Waals surface area contributed by atoms with Gasteiger partial charge in [0.15, 0.2) is 17.2 Å². The highest BCUT2D eigenvalue weighted by Crippen LogP contribution is 2.35. The number of phenols is 4. The Labute approximate surface area is 130 Å².